The maximum Gasteiger partial charge on any atom is 0.298 e. The van der Waals surface area contributed by atoms with Crippen LogP contribution in [0.15, 0.2) is 42.6 Å². The van der Waals surface area contributed by atoms with E-state index in [-0.39, 0.29) is 19.5 Å². The van der Waals surface area contributed by atoms with Crippen LogP contribution in [-0.4, -0.2) is 105 Å². The highest BCUT2D eigenvalue weighted by Gasteiger charge is 2.28. The second-order valence-corrected chi connectivity index (χ2v) is 13.6. The number of hydrogen-bond donors (Lipinski definition) is 2. The Morgan fingerprint density at radius 3 is 2.18 bits per heavy atom. The summed E-state index contributed by atoms with van der Waals surface area (Å²) in [5.74, 6) is 0.506. The Morgan fingerprint density at radius 1 is 1.00 bits per heavy atom. The summed E-state index contributed by atoms with van der Waals surface area (Å²) in [6.45, 7) is 18.2. The molecule has 0 bridgehead atoms. The summed E-state index contributed by atoms with van der Waals surface area (Å²) < 4.78 is 16.2. The van der Waals surface area contributed by atoms with Crippen LogP contribution in [0, 0.1) is 19.3 Å². The van der Waals surface area contributed by atoms with Gasteiger partial charge in [-0.25, -0.2) is 0 Å². The highest BCUT2D eigenvalue weighted by molar-refractivity contribution is 6.01. The van der Waals surface area contributed by atoms with Crippen molar-refractivity contribution in [3.8, 4) is 5.75 Å². The first kappa shape index (κ1) is 46.6. The molecule has 2 aromatic carbocycles. The number of aromatic nitrogens is 1. The van der Waals surface area contributed by atoms with Gasteiger partial charge >= 0.3 is 0 Å². The predicted molar refractivity (Wildman–Crippen MR) is 223 cm³/mol. The number of nitrogens with zero attached hydrogens (tertiary/aromatic N) is 4. The third-order valence-corrected chi connectivity index (χ3v) is 9.90. The zero-order chi connectivity index (χ0) is 39.5. The van der Waals surface area contributed by atoms with Gasteiger partial charge in [0, 0.05) is 57.2 Å². The molecule has 0 spiro atoms. The van der Waals surface area contributed by atoms with E-state index in [1.807, 2.05) is 76.0 Å². The second kappa shape index (κ2) is 24.8. The highest BCUT2D eigenvalue weighted by atomic mass is 16.5. The summed E-state index contributed by atoms with van der Waals surface area (Å²) in [5.41, 5.74) is 4.80. The van der Waals surface area contributed by atoms with Crippen LogP contribution in [0.3, 0.4) is 0 Å². The Balaban J connectivity index is 0.000000551. The van der Waals surface area contributed by atoms with Crippen molar-refractivity contribution in [2.45, 2.75) is 112 Å². The van der Waals surface area contributed by atoms with Crippen molar-refractivity contribution in [3.05, 3.63) is 59.3 Å². The smallest absolute Gasteiger partial charge is 0.298 e. The van der Waals surface area contributed by atoms with Gasteiger partial charge in [0.05, 0.1) is 23.1 Å². The van der Waals surface area contributed by atoms with E-state index in [1.54, 1.807) is 6.20 Å². The molecule has 3 heterocycles. The van der Waals surface area contributed by atoms with Crippen molar-refractivity contribution in [3.63, 3.8) is 0 Å². The Bertz CT molecular complexity index is 1590. The lowest BCUT2D eigenvalue weighted by molar-refractivity contribution is -0.120. The minimum absolute atomic E-state index is 0. The quantitative estimate of drug-likeness (QED) is 0.0907. The van der Waals surface area contributed by atoms with Crippen LogP contribution in [0.4, 0.5) is 11.4 Å². The fraction of sp³-hybridized carbons (Fsp3) is 0.558. The largest absolute Gasteiger partial charge is 0.454 e. The molecule has 304 valence electrons. The Morgan fingerprint density at radius 2 is 1.62 bits per heavy atom. The van der Waals surface area contributed by atoms with Crippen molar-refractivity contribution in [2.24, 2.45) is 0 Å². The summed E-state index contributed by atoms with van der Waals surface area (Å²) in [7, 11) is 1.99. The number of amidine groups is 1. The monoisotopic (exact) mass is 763 g/mol. The summed E-state index contributed by atoms with van der Waals surface area (Å²) in [5, 5.41) is 12.2. The van der Waals surface area contributed by atoms with Gasteiger partial charge in [0.2, 0.25) is 6.41 Å². The molecule has 1 amide bonds. The van der Waals surface area contributed by atoms with Gasteiger partial charge in [-0.2, -0.15) is 0 Å². The van der Waals surface area contributed by atoms with Gasteiger partial charge in [-0.1, -0.05) is 65.5 Å². The van der Waals surface area contributed by atoms with E-state index in [0.717, 1.165) is 71.1 Å². The van der Waals surface area contributed by atoms with Crippen LogP contribution in [0.1, 0.15) is 90.3 Å². The molecule has 3 aromatic rings. The second-order valence-electron chi connectivity index (χ2n) is 13.6. The molecule has 12 nitrogen and oxygen atoms in total. The van der Waals surface area contributed by atoms with Crippen LogP contribution in [0.5, 0.6) is 5.75 Å². The third-order valence-electron chi connectivity index (χ3n) is 9.90. The molecule has 2 saturated heterocycles. The molecule has 0 saturated carbocycles. The average molecular weight is 763 g/mol. The van der Waals surface area contributed by atoms with E-state index in [0.29, 0.717) is 44.4 Å². The zero-order valence-electron chi connectivity index (χ0n) is 33.4. The van der Waals surface area contributed by atoms with Crippen molar-refractivity contribution < 1.29 is 28.6 Å². The molecule has 1 aromatic heterocycles. The van der Waals surface area contributed by atoms with Crippen molar-refractivity contribution in [1.82, 2.24) is 14.8 Å². The molecule has 0 unspecified atom stereocenters. The molecule has 1 atom stereocenters. The van der Waals surface area contributed by atoms with Crippen molar-refractivity contribution in [1.29, 1.82) is 5.41 Å². The number of ether oxygens (including phenoxy) is 3. The van der Waals surface area contributed by atoms with Crippen LogP contribution in [-0.2, 0) is 30.3 Å². The van der Waals surface area contributed by atoms with Gasteiger partial charge in [0.15, 0.2) is 12.4 Å². The van der Waals surface area contributed by atoms with E-state index >= 15 is 0 Å². The fourth-order valence-corrected chi connectivity index (χ4v) is 7.32. The van der Waals surface area contributed by atoms with E-state index in [1.165, 1.54) is 38.8 Å². The van der Waals surface area contributed by atoms with Crippen molar-refractivity contribution in [2.75, 3.05) is 56.7 Å². The number of amides is 1. The number of pyridine rings is 1. The minimum atomic E-state index is -0.810. The lowest BCUT2D eigenvalue weighted by Crippen LogP contribution is -2.47. The molecular formula is C43H66N6O6. The predicted octanol–water partition coefficient (Wildman–Crippen LogP) is 7.57. The third kappa shape index (κ3) is 13.3. The number of fused-ring (bicyclic) bond motifs is 1. The van der Waals surface area contributed by atoms with Crippen LogP contribution in [0.25, 0.3) is 10.9 Å². The summed E-state index contributed by atoms with van der Waals surface area (Å²) in [6.07, 6.45) is 9.21. The van der Waals surface area contributed by atoms with Gasteiger partial charge in [-0.05, 0) is 88.2 Å². The standard InChI is InChI=1S/C29H33N5O5.C11H23NO.C2H6.CH4/c1-19-12-21(13-20(2)28(19)38-18-37)14-23(16-35)39-29(30)34-10-8-22(9-11-34)33(3)26-15-31-25-7-5-4-6-24(25)27(26)32-17-36;1-3-7-12(8-4-2)11-5-9-13-10-6-11;1-2;/h4-7,12-13,15-18,22-23,30H,8-11,14H2,1-3H3,(H,31,32,36);11H,3-10H2,1-2H3;1-2H3;1H4/t23-;;;/m1.../s1. The Labute approximate surface area is 329 Å². The Hall–Kier alpha value is -4.55. The number of carbonyl (C=O) groups excluding carboxylic acids is 3. The number of piperidine rings is 1. The topological polar surface area (TPSA) is 137 Å². The maximum atomic E-state index is 11.8. The molecular weight excluding hydrogens is 697 g/mol. The average Bonchev–Trinajstić information content (AvgIpc) is 3.20. The molecule has 2 N–H and O–H groups in total. The molecule has 12 heteroatoms. The van der Waals surface area contributed by atoms with Crippen LogP contribution in [0.2, 0.25) is 0 Å². The lowest BCUT2D eigenvalue weighted by atomic mass is 10.0. The van der Waals surface area contributed by atoms with Crippen molar-refractivity contribution >= 4 is 47.5 Å². The highest BCUT2D eigenvalue weighted by Crippen LogP contribution is 2.34. The number of aldehydes is 1. The van der Waals surface area contributed by atoms with E-state index in [4.69, 9.17) is 19.6 Å². The number of aryl methyl sites for hydroxylation is 2. The molecule has 0 aliphatic carbocycles. The number of likely N-dealkylation sites (tertiary alicyclic amines) is 1. The molecule has 2 aliphatic rings. The molecule has 5 rings (SSSR count). The number of rotatable bonds is 15. The normalized spacial score (nSPS) is 14.9. The lowest BCUT2D eigenvalue weighted by Gasteiger charge is -2.39. The van der Waals surface area contributed by atoms with Gasteiger partial charge in [-0.15, -0.1) is 0 Å². The van der Waals surface area contributed by atoms with Gasteiger partial charge in [0.1, 0.15) is 5.75 Å². The number of benzene rings is 2. The molecule has 55 heavy (non-hydrogen) atoms. The number of carbonyl (C=O) groups is 3. The minimum Gasteiger partial charge on any atom is -0.454 e. The maximum absolute atomic E-state index is 11.8. The zero-order valence-corrected chi connectivity index (χ0v) is 33.4. The fourth-order valence-electron chi connectivity index (χ4n) is 7.32. The summed E-state index contributed by atoms with van der Waals surface area (Å²) in [6, 6.07) is 12.3. The van der Waals surface area contributed by atoms with E-state index < -0.39 is 6.10 Å². The first-order chi connectivity index (χ1) is 26.2. The van der Waals surface area contributed by atoms with Gasteiger partial charge < -0.3 is 34.2 Å². The summed E-state index contributed by atoms with van der Waals surface area (Å²) in [4.78, 5) is 45.1. The van der Waals surface area contributed by atoms with E-state index in [2.05, 4.69) is 33.9 Å². The number of anilines is 2. The number of para-hydroxylation sites is 1. The first-order valence-electron chi connectivity index (χ1n) is 19.5. The molecule has 2 aliphatic heterocycles. The summed E-state index contributed by atoms with van der Waals surface area (Å²) >= 11 is 0. The number of hydrogen-bond acceptors (Lipinski definition) is 10. The van der Waals surface area contributed by atoms with E-state index in [9.17, 15) is 14.4 Å². The molecule has 2 fully saturated rings. The van der Waals surface area contributed by atoms with Crippen LogP contribution >= 0.6 is 0 Å². The van der Waals surface area contributed by atoms with Gasteiger partial charge in [0.25, 0.3) is 12.5 Å². The van der Waals surface area contributed by atoms with Gasteiger partial charge in [-0.3, -0.25) is 24.8 Å². The Kier molecular flexibility index (Phi) is 21.0. The molecule has 0 radical (unpaired) electrons. The first-order valence-corrected chi connectivity index (χ1v) is 19.5. The SMILES string of the molecule is C.CC.CCCN(CCC)C1CCOCC1.Cc1cc(C[C@H](C=O)OC(=N)N2CCC(N(C)c3cnc4ccccc4c3NC=O)CC2)cc(C)c1OC=O. The van der Waals surface area contributed by atoms with Crippen LogP contribution < -0.4 is 15.0 Å². The number of nitrogens with one attached hydrogen (secondary N) is 2.